The van der Waals surface area contributed by atoms with Crippen molar-refractivity contribution < 1.29 is 32.6 Å². The first-order chi connectivity index (χ1) is 19.5. The van der Waals surface area contributed by atoms with Crippen molar-refractivity contribution in [1.29, 1.82) is 0 Å². The summed E-state index contributed by atoms with van der Waals surface area (Å²) in [4.78, 5) is 24.3. The highest BCUT2D eigenvalue weighted by atomic mass is 32.2. The number of sulfonamides is 1. The van der Waals surface area contributed by atoms with Crippen LogP contribution in [0.3, 0.4) is 0 Å². The number of primary amides is 1. The number of aliphatic hydroxyl groups excluding tert-OH is 1. The number of hydrogen-bond donors (Lipinski definition) is 3. The van der Waals surface area contributed by atoms with E-state index in [0.717, 1.165) is 28.5 Å². The number of carbonyl (C=O) groups is 2. The summed E-state index contributed by atoms with van der Waals surface area (Å²) in [5.74, 6) is -0.533. The highest BCUT2D eigenvalue weighted by molar-refractivity contribution is 7.89. The van der Waals surface area contributed by atoms with Crippen LogP contribution in [0.1, 0.15) is 68.6 Å². The van der Waals surface area contributed by atoms with Gasteiger partial charge in [-0.25, -0.2) is 17.9 Å². The van der Waals surface area contributed by atoms with E-state index in [1.807, 2.05) is 93.9 Å². The van der Waals surface area contributed by atoms with Gasteiger partial charge in [0.15, 0.2) is 0 Å². The van der Waals surface area contributed by atoms with Crippen molar-refractivity contribution in [3.8, 4) is 16.9 Å². The predicted octanol–water partition coefficient (Wildman–Crippen LogP) is 5.33. The van der Waals surface area contributed by atoms with Crippen LogP contribution in [0, 0.1) is 5.41 Å². The summed E-state index contributed by atoms with van der Waals surface area (Å²) in [5, 5.41) is 11.3. The van der Waals surface area contributed by atoms with Crippen LogP contribution in [-0.4, -0.2) is 44.5 Å². The Bertz CT molecular complexity index is 1500. The molecule has 10 heteroatoms. The fraction of sp³-hybridized carbons (Fsp3) is 0.375. The van der Waals surface area contributed by atoms with Crippen LogP contribution in [0.2, 0.25) is 0 Å². The Morgan fingerprint density at radius 2 is 1.55 bits per heavy atom. The zero-order valence-electron chi connectivity index (χ0n) is 24.9. The third-order valence-electron chi connectivity index (χ3n) is 7.26. The van der Waals surface area contributed by atoms with E-state index in [-0.39, 0.29) is 30.4 Å². The normalized spacial score (nSPS) is 14.1. The smallest absolute Gasteiger partial charge is 0.404 e. The van der Waals surface area contributed by atoms with Crippen LogP contribution in [0.5, 0.6) is 5.75 Å². The average molecular weight is 597 g/mol. The lowest BCUT2D eigenvalue weighted by Gasteiger charge is -2.46. The molecule has 3 rings (SSSR count). The molecule has 0 bridgehead atoms. The minimum Gasteiger partial charge on any atom is -0.490 e. The van der Waals surface area contributed by atoms with E-state index in [9.17, 15) is 23.1 Å². The quantitative estimate of drug-likeness (QED) is 0.271. The van der Waals surface area contributed by atoms with E-state index < -0.39 is 39.0 Å². The maximum absolute atomic E-state index is 12.6. The summed E-state index contributed by atoms with van der Waals surface area (Å²) in [7, 11) is -3.76. The number of amides is 2. The number of ether oxygens (including phenoxy) is 2. The maximum atomic E-state index is 12.6. The maximum Gasteiger partial charge on any atom is 0.404 e. The van der Waals surface area contributed by atoms with Gasteiger partial charge in [0.1, 0.15) is 12.4 Å². The van der Waals surface area contributed by atoms with Gasteiger partial charge in [0.05, 0.1) is 24.0 Å². The van der Waals surface area contributed by atoms with Crippen LogP contribution >= 0.6 is 0 Å². The van der Waals surface area contributed by atoms with Crippen molar-refractivity contribution in [2.45, 2.75) is 58.7 Å². The second-order valence-electron chi connectivity index (χ2n) is 11.7. The van der Waals surface area contributed by atoms with E-state index >= 15 is 0 Å². The molecule has 0 aliphatic carbocycles. The molecule has 0 heterocycles. The minimum absolute atomic E-state index is 0.0361. The highest BCUT2D eigenvalue weighted by Crippen LogP contribution is 2.48. The highest BCUT2D eigenvalue weighted by Gasteiger charge is 2.46. The summed E-state index contributed by atoms with van der Waals surface area (Å²) in [6.45, 7) is 9.66. The molecule has 2 amide bonds. The van der Waals surface area contributed by atoms with Crippen LogP contribution in [0.25, 0.3) is 11.1 Å². The molecule has 226 valence electrons. The molecule has 4 N–H and O–H groups in total. The monoisotopic (exact) mass is 596 g/mol. The second kappa shape index (κ2) is 13.0. The molecule has 0 saturated carbocycles. The number of benzene rings is 3. The van der Waals surface area contributed by atoms with Gasteiger partial charge in [-0.1, -0.05) is 81.4 Å². The fourth-order valence-corrected chi connectivity index (χ4v) is 5.43. The third-order valence-corrected chi connectivity index (χ3v) is 7.82. The fourth-order valence-electron chi connectivity index (χ4n) is 4.98. The summed E-state index contributed by atoms with van der Waals surface area (Å²) in [6, 6.07) is 21.9. The SMILES string of the molecule is CC(C)Oc1cc(-c2ccc(C(COC(N)=O)(C[C@@H](O)c3ccccc3)C(C)(C)C)cc2)ccc1C(=O)NS(C)(=O)=O. The molecule has 2 atom stereocenters. The van der Waals surface area contributed by atoms with Crippen molar-refractivity contribution in [3.05, 3.63) is 89.5 Å². The van der Waals surface area contributed by atoms with E-state index in [4.69, 9.17) is 15.2 Å². The van der Waals surface area contributed by atoms with Crippen molar-refractivity contribution in [3.63, 3.8) is 0 Å². The van der Waals surface area contributed by atoms with Gasteiger partial charge in [0.2, 0.25) is 10.0 Å². The first kappa shape index (κ1) is 32.6. The van der Waals surface area contributed by atoms with Gasteiger partial charge in [0.25, 0.3) is 5.91 Å². The molecule has 0 radical (unpaired) electrons. The number of aliphatic hydroxyl groups is 1. The van der Waals surface area contributed by atoms with Gasteiger partial charge in [-0.2, -0.15) is 0 Å². The van der Waals surface area contributed by atoms with Gasteiger partial charge >= 0.3 is 6.09 Å². The number of nitrogens with one attached hydrogen (secondary N) is 1. The van der Waals surface area contributed by atoms with Crippen LogP contribution < -0.4 is 15.2 Å². The average Bonchev–Trinajstić information content (AvgIpc) is 2.89. The summed E-state index contributed by atoms with van der Waals surface area (Å²) < 4.78 is 36.5. The Labute approximate surface area is 248 Å². The van der Waals surface area contributed by atoms with Gasteiger partial charge in [-0.05, 0) is 60.1 Å². The van der Waals surface area contributed by atoms with Crippen LogP contribution in [0.15, 0.2) is 72.8 Å². The molecule has 42 heavy (non-hydrogen) atoms. The van der Waals surface area contributed by atoms with Crippen molar-refractivity contribution in [1.82, 2.24) is 4.72 Å². The number of hydrogen-bond acceptors (Lipinski definition) is 7. The van der Waals surface area contributed by atoms with Gasteiger partial charge in [0, 0.05) is 5.41 Å². The van der Waals surface area contributed by atoms with Crippen molar-refractivity contribution in [2.75, 3.05) is 12.9 Å². The van der Waals surface area contributed by atoms with E-state index in [1.54, 1.807) is 12.1 Å². The predicted molar refractivity (Wildman–Crippen MR) is 163 cm³/mol. The molecular formula is C32H40N2O7S. The summed E-state index contributed by atoms with van der Waals surface area (Å²) in [6.07, 6.45) is -0.811. The molecule has 0 aromatic heterocycles. The molecular weight excluding hydrogens is 556 g/mol. The van der Waals surface area contributed by atoms with Crippen molar-refractivity contribution in [2.24, 2.45) is 11.1 Å². The molecule has 0 aliphatic rings. The van der Waals surface area contributed by atoms with Gasteiger partial charge in [-0.3, -0.25) is 4.79 Å². The summed E-state index contributed by atoms with van der Waals surface area (Å²) in [5.41, 5.74) is 7.35. The summed E-state index contributed by atoms with van der Waals surface area (Å²) >= 11 is 0. The third kappa shape index (κ3) is 8.10. The zero-order chi connectivity index (χ0) is 31.3. The Hall–Kier alpha value is -3.89. The van der Waals surface area contributed by atoms with E-state index in [1.165, 1.54) is 6.07 Å². The van der Waals surface area contributed by atoms with Crippen LogP contribution in [0.4, 0.5) is 4.79 Å². The second-order valence-corrected chi connectivity index (χ2v) is 13.5. The molecule has 0 saturated heterocycles. The molecule has 3 aromatic rings. The lowest BCUT2D eigenvalue weighted by atomic mass is 9.60. The lowest BCUT2D eigenvalue weighted by molar-refractivity contribution is 0.0224. The number of rotatable bonds is 11. The van der Waals surface area contributed by atoms with Gasteiger partial charge < -0.3 is 20.3 Å². The standard InChI is InChI=1S/C32H40N2O7S/c1-21(2)41-28-18-24(14-17-26(28)29(36)34-42(6,38)39)22-12-15-25(16-13-22)32(31(3,4)5,20-40-30(33)37)19-27(35)23-10-8-7-9-11-23/h7-18,21,27,35H,19-20H2,1-6H3,(H2,33,37)(H,34,36)/t27-,32?/m1/s1. The largest absolute Gasteiger partial charge is 0.490 e. The molecule has 1 unspecified atom stereocenters. The van der Waals surface area contributed by atoms with Crippen molar-refractivity contribution >= 4 is 22.0 Å². The molecule has 9 nitrogen and oxygen atoms in total. The first-order valence-corrected chi connectivity index (χ1v) is 15.5. The van der Waals surface area contributed by atoms with Gasteiger partial charge in [-0.15, -0.1) is 0 Å². The molecule has 0 fully saturated rings. The molecule has 3 aromatic carbocycles. The van der Waals surface area contributed by atoms with Crippen LogP contribution in [-0.2, 0) is 20.2 Å². The minimum atomic E-state index is -3.76. The number of carbonyl (C=O) groups excluding carboxylic acids is 2. The molecule has 0 aliphatic heterocycles. The zero-order valence-corrected chi connectivity index (χ0v) is 25.7. The lowest BCUT2D eigenvalue weighted by Crippen LogP contribution is -2.46. The number of nitrogens with two attached hydrogens (primary N) is 1. The Balaban J connectivity index is 2.06. The topological polar surface area (TPSA) is 145 Å². The Morgan fingerprint density at radius 1 is 0.952 bits per heavy atom. The van der Waals surface area contributed by atoms with E-state index in [2.05, 4.69) is 0 Å². The molecule has 0 spiro atoms. The Morgan fingerprint density at radius 3 is 2.07 bits per heavy atom. The van der Waals surface area contributed by atoms with E-state index in [0.29, 0.717) is 0 Å². The first-order valence-electron chi connectivity index (χ1n) is 13.6. The Kier molecular flexibility index (Phi) is 10.1.